The summed E-state index contributed by atoms with van der Waals surface area (Å²) < 4.78 is 7.52. The van der Waals surface area contributed by atoms with Gasteiger partial charge in [-0.2, -0.15) is 0 Å². The van der Waals surface area contributed by atoms with Crippen LogP contribution in [0, 0.1) is 6.92 Å². The van der Waals surface area contributed by atoms with Crippen LogP contribution >= 0.6 is 0 Å². The molecule has 0 unspecified atom stereocenters. The highest BCUT2D eigenvalue weighted by atomic mass is 16.5. The molecule has 2 aromatic rings. The summed E-state index contributed by atoms with van der Waals surface area (Å²) in [6.45, 7) is 3.96. The maximum atomic E-state index is 11.6. The lowest BCUT2D eigenvalue weighted by Gasteiger charge is -2.08. The Kier molecular flexibility index (Phi) is 5.82. The van der Waals surface area contributed by atoms with Gasteiger partial charge in [-0.1, -0.05) is 17.7 Å². The number of nitrogens with one attached hydrogen (secondary N) is 1. The minimum Gasteiger partial charge on any atom is -0.493 e. The highest BCUT2D eigenvalue weighted by Crippen LogP contribution is 2.11. The minimum atomic E-state index is 0.0211. The molecule has 5 heteroatoms. The summed E-state index contributed by atoms with van der Waals surface area (Å²) in [6.07, 6.45) is 6.70. The fourth-order valence-corrected chi connectivity index (χ4v) is 1.89. The number of nitrogens with zero attached hydrogens (tertiary/aromatic N) is 2. The molecule has 0 atom stereocenters. The molecule has 21 heavy (non-hydrogen) atoms. The normalized spacial score (nSPS) is 10.3. The molecule has 0 saturated carbocycles. The summed E-state index contributed by atoms with van der Waals surface area (Å²) in [5.41, 5.74) is 1.19. The van der Waals surface area contributed by atoms with Gasteiger partial charge in [-0.3, -0.25) is 4.79 Å². The predicted octanol–water partition coefficient (Wildman–Crippen LogP) is 2.17. The van der Waals surface area contributed by atoms with Crippen molar-refractivity contribution in [1.29, 1.82) is 0 Å². The highest BCUT2D eigenvalue weighted by Gasteiger charge is 2.01. The summed E-state index contributed by atoms with van der Waals surface area (Å²) in [6, 6.07) is 7.81. The van der Waals surface area contributed by atoms with Gasteiger partial charge in [-0.05, 0) is 25.5 Å². The van der Waals surface area contributed by atoms with Crippen molar-refractivity contribution < 1.29 is 9.53 Å². The van der Waals surface area contributed by atoms with Crippen LogP contribution in [0.4, 0.5) is 0 Å². The minimum absolute atomic E-state index is 0.0211. The van der Waals surface area contributed by atoms with Crippen molar-refractivity contribution in [3.8, 4) is 5.75 Å². The van der Waals surface area contributed by atoms with Crippen molar-refractivity contribution >= 4 is 5.91 Å². The predicted molar refractivity (Wildman–Crippen MR) is 81.1 cm³/mol. The van der Waals surface area contributed by atoms with E-state index in [9.17, 15) is 4.79 Å². The first-order valence-electron chi connectivity index (χ1n) is 7.16. The van der Waals surface area contributed by atoms with Crippen molar-refractivity contribution in [2.24, 2.45) is 0 Å². The molecule has 0 bridgehead atoms. The second-order valence-corrected chi connectivity index (χ2v) is 4.92. The number of imidazole rings is 1. The lowest BCUT2D eigenvalue weighted by atomic mass is 10.2. The van der Waals surface area contributed by atoms with Gasteiger partial charge in [0.15, 0.2) is 0 Å². The number of hydrogen-bond donors (Lipinski definition) is 1. The Labute approximate surface area is 125 Å². The lowest BCUT2D eigenvalue weighted by Crippen LogP contribution is -2.26. The van der Waals surface area contributed by atoms with Crippen LogP contribution in [-0.4, -0.2) is 28.6 Å². The van der Waals surface area contributed by atoms with E-state index in [1.807, 2.05) is 42.0 Å². The number of carbonyl (C=O) groups excluding carboxylic acids is 1. The number of carbonyl (C=O) groups is 1. The lowest BCUT2D eigenvalue weighted by molar-refractivity contribution is -0.121. The van der Waals surface area contributed by atoms with Crippen LogP contribution in [0.5, 0.6) is 5.75 Å². The number of amides is 1. The fourth-order valence-electron chi connectivity index (χ4n) is 1.89. The zero-order valence-corrected chi connectivity index (χ0v) is 12.3. The first kappa shape index (κ1) is 15.1. The van der Waals surface area contributed by atoms with Gasteiger partial charge in [0.1, 0.15) is 5.75 Å². The second kappa shape index (κ2) is 8.09. The molecule has 5 nitrogen and oxygen atoms in total. The molecular formula is C16H21N3O2. The van der Waals surface area contributed by atoms with E-state index in [-0.39, 0.29) is 5.91 Å². The molecule has 0 aliphatic rings. The fraction of sp³-hybridized carbons (Fsp3) is 0.375. The standard InChI is InChI=1S/C16H21N3O2/c1-14-3-5-15(6-4-14)21-12-7-16(20)18-8-2-10-19-11-9-17-13-19/h3-6,9,11,13H,2,7-8,10,12H2,1H3,(H,18,20). The van der Waals surface area contributed by atoms with Crippen LogP contribution in [0.1, 0.15) is 18.4 Å². The molecule has 0 spiro atoms. The molecule has 0 fully saturated rings. The molecule has 112 valence electrons. The van der Waals surface area contributed by atoms with E-state index in [1.54, 1.807) is 12.5 Å². The van der Waals surface area contributed by atoms with Gasteiger partial charge in [-0.25, -0.2) is 4.98 Å². The third-order valence-corrected chi connectivity index (χ3v) is 3.09. The van der Waals surface area contributed by atoms with Crippen molar-refractivity contribution in [2.45, 2.75) is 26.3 Å². The molecule has 1 amide bonds. The third kappa shape index (κ3) is 5.69. The zero-order valence-electron chi connectivity index (χ0n) is 12.3. The largest absolute Gasteiger partial charge is 0.493 e. The van der Waals surface area contributed by atoms with E-state index in [1.165, 1.54) is 5.56 Å². The topological polar surface area (TPSA) is 56.1 Å². The van der Waals surface area contributed by atoms with E-state index in [4.69, 9.17) is 4.74 Å². The van der Waals surface area contributed by atoms with Gasteiger partial charge in [0, 0.05) is 25.5 Å². The first-order valence-corrected chi connectivity index (χ1v) is 7.16. The van der Waals surface area contributed by atoms with E-state index >= 15 is 0 Å². The molecule has 1 heterocycles. The molecule has 1 aromatic heterocycles. The van der Waals surface area contributed by atoms with Crippen LogP contribution in [-0.2, 0) is 11.3 Å². The van der Waals surface area contributed by atoms with Gasteiger partial charge in [0.25, 0.3) is 0 Å². The number of ether oxygens (including phenoxy) is 1. The SMILES string of the molecule is Cc1ccc(OCCC(=O)NCCCn2ccnc2)cc1. The Morgan fingerprint density at radius 1 is 1.33 bits per heavy atom. The van der Waals surface area contributed by atoms with Gasteiger partial charge < -0.3 is 14.6 Å². The molecule has 1 aromatic carbocycles. The summed E-state index contributed by atoms with van der Waals surface area (Å²) in [5, 5.41) is 2.89. The number of benzene rings is 1. The number of aryl methyl sites for hydroxylation is 2. The first-order chi connectivity index (χ1) is 10.2. The Bertz CT molecular complexity index is 535. The average molecular weight is 287 g/mol. The van der Waals surface area contributed by atoms with Crippen molar-refractivity contribution in [3.63, 3.8) is 0 Å². The summed E-state index contributed by atoms with van der Waals surface area (Å²) in [5.74, 6) is 0.821. The Morgan fingerprint density at radius 2 is 2.14 bits per heavy atom. The van der Waals surface area contributed by atoms with Crippen LogP contribution < -0.4 is 10.1 Å². The van der Waals surface area contributed by atoms with Gasteiger partial charge >= 0.3 is 0 Å². The molecule has 0 aliphatic carbocycles. The summed E-state index contributed by atoms with van der Waals surface area (Å²) >= 11 is 0. The van der Waals surface area contributed by atoms with Crippen LogP contribution in [0.15, 0.2) is 43.0 Å². The van der Waals surface area contributed by atoms with Crippen LogP contribution in [0.3, 0.4) is 0 Å². The molecular weight excluding hydrogens is 266 g/mol. The number of aromatic nitrogens is 2. The van der Waals surface area contributed by atoms with Gasteiger partial charge in [-0.15, -0.1) is 0 Å². The van der Waals surface area contributed by atoms with E-state index < -0.39 is 0 Å². The Morgan fingerprint density at radius 3 is 2.86 bits per heavy atom. The van der Waals surface area contributed by atoms with E-state index in [0.29, 0.717) is 19.6 Å². The van der Waals surface area contributed by atoms with Crippen LogP contribution in [0.25, 0.3) is 0 Å². The van der Waals surface area contributed by atoms with Crippen molar-refractivity contribution in [3.05, 3.63) is 48.5 Å². The van der Waals surface area contributed by atoms with E-state index in [0.717, 1.165) is 18.7 Å². The van der Waals surface area contributed by atoms with Crippen LogP contribution in [0.2, 0.25) is 0 Å². The monoisotopic (exact) mass is 287 g/mol. The maximum Gasteiger partial charge on any atom is 0.223 e. The molecule has 2 rings (SSSR count). The molecule has 0 saturated heterocycles. The Hall–Kier alpha value is -2.30. The van der Waals surface area contributed by atoms with Gasteiger partial charge in [0.05, 0.1) is 19.4 Å². The van der Waals surface area contributed by atoms with Crippen molar-refractivity contribution in [1.82, 2.24) is 14.9 Å². The third-order valence-electron chi connectivity index (χ3n) is 3.09. The summed E-state index contributed by atoms with van der Waals surface area (Å²) in [7, 11) is 0. The number of hydrogen-bond acceptors (Lipinski definition) is 3. The average Bonchev–Trinajstić information content (AvgIpc) is 2.99. The maximum absolute atomic E-state index is 11.6. The molecule has 0 aliphatic heterocycles. The quantitative estimate of drug-likeness (QED) is 0.757. The van der Waals surface area contributed by atoms with E-state index in [2.05, 4.69) is 10.3 Å². The van der Waals surface area contributed by atoms with Crippen molar-refractivity contribution in [2.75, 3.05) is 13.2 Å². The highest BCUT2D eigenvalue weighted by molar-refractivity contribution is 5.75. The van der Waals surface area contributed by atoms with Gasteiger partial charge in [0.2, 0.25) is 5.91 Å². The molecule has 1 N–H and O–H groups in total. The Balaban J connectivity index is 1.54. The number of rotatable bonds is 8. The smallest absolute Gasteiger partial charge is 0.223 e. The molecule has 0 radical (unpaired) electrons. The summed E-state index contributed by atoms with van der Waals surface area (Å²) in [4.78, 5) is 15.6. The second-order valence-electron chi connectivity index (χ2n) is 4.92. The zero-order chi connectivity index (χ0) is 14.9.